The van der Waals surface area contributed by atoms with E-state index in [1.165, 1.54) is 94.3 Å². The van der Waals surface area contributed by atoms with Crippen molar-refractivity contribution in [2.45, 2.75) is 122 Å². The van der Waals surface area contributed by atoms with E-state index in [9.17, 15) is 9.59 Å². The van der Waals surface area contributed by atoms with Crippen molar-refractivity contribution in [2.24, 2.45) is 5.73 Å². The average molecular weight is 577 g/mol. The summed E-state index contributed by atoms with van der Waals surface area (Å²) in [4.78, 5) is 23.7. The predicted octanol–water partition coefficient (Wildman–Crippen LogP) is 7.13. The quantitative estimate of drug-likeness (QED) is 0.0665. The molecule has 0 aromatic heterocycles. The van der Waals surface area contributed by atoms with Crippen LogP contribution in [0.1, 0.15) is 122 Å². The summed E-state index contributed by atoms with van der Waals surface area (Å²) >= 11 is 4.00. The van der Waals surface area contributed by atoms with Crippen LogP contribution in [-0.4, -0.2) is 68.3 Å². The molecule has 38 heavy (non-hydrogen) atoms. The molecular weight excluding hydrogens is 516 g/mol. The van der Waals surface area contributed by atoms with Crippen LogP contribution < -0.4 is 11.1 Å². The summed E-state index contributed by atoms with van der Waals surface area (Å²) in [5.41, 5.74) is 5.49. The number of carbonyl (C=O) groups is 2. The van der Waals surface area contributed by atoms with Gasteiger partial charge in [-0.05, 0) is 44.2 Å². The highest BCUT2D eigenvalue weighted by molar-refractivity contribution is 7.99. The Labute approximate surface area is 243 Å². The molecule has 0 bridgehead atoms. The second kappa shape index (κ2) is 32.8. The van der Waals surface area contributed by atoms with E-state index in [1.807, 2.05) is 30.6 Å². The Kier molecular flexibility index (Phi) is 32.4. The van der Waals surface area contributed by atoms with Crippen molar-refractivity contribution in [3.63, 3.8) is 0 Å². The normalized spacial score (nSPS) is 11.1. The molecule has 0 amide bonds. The summed E-state index contributed by atoms with van der Waals surface area (Å²) in [5, 5.41) is 3.18. The van der Waals surface area contributed by atoms with Crippen LogP contribution in [0.2, 0.25) is 0 Å². The van der Waals surface area contributed by atoms with Crippen LogP contribution in [0.4, 0.5) is 0 Å². The van der Waals surface area contributed by atoms with E-state index in [0.29, 0.717) is 32.5 Å². The Hall–Kier alpha value is -0.440. The third-order valence-corrected chi connectivity index (χ3v) is 8.58. The molecule has 0 atom stereocenters. The lowest BCUT2D eigenvalue weighted by molar-refractivity contribution is -0.146. The molecule has 0 saturated carbocycles. The van der Waals surface area contributed by atoms with Crippen LogP contribution in [0.5, 0.6) is 0 Å². The summed E-state index contributed by atoms with van der Waals surface area (Å²) in [6.45, 7) is 2.56. The van der Waals surface area contributed by atoms with Gasteiger partial charge in [-0.15, -0.1) is 0 Å². The first-order valence-electron chi connectivity index (χ1n) is 15.5. The lowest BCUT2D eigenvalue weighted by Crippen LogP contribution is -2.10. The van der Waals surface area contributed by atoms with Gasteiger partial charge in [0.1, 0.15) is 0 Å². The third kappa shape index (κ3) is 31.8. The van der Waals surface area contributed by atoms with Crippen LogP contribution in [0.3, 0.4) is 0 Å². The van der Waals surface area contributed by atoms with E-state index in [1.54, 1.807) is 0 Å². The number of esters is 2. The number of rotatable bonds is 31. The summed E-state index contributed by atoms with van der Waals surface area (Å²) in [5.74, 6) is 4.55. The van der Waals surface area contributed by atoms with Crippen LogP contribution in [0.25, 0.3) is 0 Å². The number of hydrogen-bond acceptors (Lipinski definition) is 8. The highest BCUT2D eigenvalue weighted by Gasteiger charge is 2.05. The van der Waals surface area contributed by atoms with E-state index in [-0.39, 0.29) is 11.9 Å². The summed E-state index contributed by atoms with van der Waals surface area (Å²) in [6.07, 6.45) is 21.0. The van der Waals surface area contributed by atoms with E-state index < -0.39 is 0 Å². The first-order valence-corrected chi connectivity index (χ1v) is 17.8. The van der Waals surface area contributed by atoms with Gasteiger partial charge in [0, 0.05) is 43.9 Å². The van der Waals surface area contributed by atoms with Crippen molar-refractivity contribution in [2.75, 3.05) is 56.4 Å². The fraction of sp³-hybridized carbons (Fsp3) is 0.933. The molecule has 8 heteroatoms. The molecule has 0 saturated heterocycles. The molecule has 3 N–H and O–H groups in total. The maximum atomic E-state index is 11.8. The first kappa shape index (κ1) is 37.6. The number of unbranched alkanes of at least 4 members (excludes halogenated alkanes) is 14. The minimum Gasteiger partial charge on any atom is -0.466 e. The minimum atomic E-state index is -0.130. The molecule has 6 nitrogen and oxygen atoms in total. The van der Waals surface area contributed by atoms with Crippen molar-refractivity contribution in [1.82, 2.24) is 5.32 Å². The molecule has 0 fully saturated rings. The van der Waals surface area contributed by atoms with E-state index in [4.69, 9.17) is 15.2 Å². The molecule has 0 spiro atoms. The zero-order valence-electron chi connectivity index (χ0n) is 24.6. The van der Waals surface area contributed by atoms with Crippen molar-refractivity contribution < 1.29 is 19.1 Å². The van der Waals surface area contributed by atoms with Gasteiger partial charge in [0.25, 0.3) is 0 Å². The van der Waals surface area contributed by atoms with Gasteiger partial charge in [-0.3, -0.25) is 9.59 Å². The molecule has 0 aliphatic carbocycles. The summed E-state index contributed by atoms with van der Waals surface area (Å²) in [7, 11) is 2.00. The average Bonchev–Trinajstić information content (AvgIpc) is 2.91. The number of carbonyl (C=O) groups excluding carboxylic acids is 2. The zero-order valence-corrected chi connectivity index (χ0v) is 26.3. The molecule has 0 aliphatic heterocycles. The van der Waals surface area contributed by atoms with Crippen molar-refractivity contribution in [3.8, 4) is 0 Å². The first-order chi connectivity index (χ1) is 18.7. The maximum absolute atomic E-state index is 11.8. The fourth-order valence-corrected chi connectivity index (χ4v) is 5.85. The molecule has 0 rings (SSSR count). The largest absolute Gasteiger partial charge is 0.466 e. The van der Waals surface area contributed by atoms with E-state index in [2.05, 4.69) is 5.32 Å². The third-order valence-electron chi connectivity index (χ3n) is 6.41. The Morgan fingerprint density at radius 2 is 0.947 bits per heavy atom. The van der Waals surface area contributed by atoms with Gasteiger partial charge < -0.3 is 20.5 Å². The molecule has 226 valence electrons. The maximum Gasteiger partial charge on any atom is 0.305 e. The van der Waals surface area contributed by atoms with Crippen molar-refractivity contribution >= 4 is 35.5 Å². The Balaban J connectivity index is 3.26. The van der Waals surface area contributed by atoms with E-state index >= 15 is 0 Å². The standard InChI is InChI=1S/C30H60N2O4S2/c1-32-22-28-38-26-17-13-9-5-3-7-11-15-20-30(34)36-24-18-23-35-29(33)19-14-10-6-2-4-8-12-16-25-37-27-21-31/h32H,2-28,31H2,1H3. The number of nitrogens with one attached hydrogen (secondary N) is 1. The minimum absolute atomic E-state index is 0.127. The van der Waals surface area contributed by atoms with Gasteiger partial charge in [0.05, 0.1) is 13.2 Å². The Morgan fingerprint density at radius 3 is 1.37 bits per heavy atom. The van der Waals surface area contributed by atoms with Crippen LogP contribution in [-0.2, 0) is 19.1 Å². The van der Waals surface area contributed by atoms with Crippen LogP contribution >= 0.6 is 23.5 Å². The lowest BCUT2D eigenvalue weighted by atomic mass is 10.1. The number of hydrogen-bond donors (Lipinski definition) is 2. The molecular formula is C30H60N2O4S2. The summed E-state index contributed by atoms with van der Waals surface area (Å²) in [6, 6.07) is 0. The zero-order chi connectivity index (χ0) is 27.8. The van der Waals surface area contributed by atoms with Gasteiger partial charge in [-0.2, -0.15) is 23.5 Å². The Bertz CT molecular complexity index is 513. The highest BCUT2D eigenvalue weighted by Crippen LogP contribution is 2.13. The van der Waals surface area contributed by atoms with Gasteiger partial charge in [0.15, 0.2) is 0 Å². The topological polar surface area (TPSA) is 90.6 Å². The molecule has 0 radical (unpaired) electrons. The fourth-order valence-electron chi connectivity index (χ4n) is 4.11. The summed E-state index contributed by atoms with van der Waals surface area (Å²) < 4.78 is 10.5. The van der Waals surface area contributed by atoms with E-state index in [0.717, 1.165) is 44.5 Å². The van der Waals surface area contributed by atoms with Crippen molar-refractivity contribution in [3.05, 3.63) is 0 Å². The number of ether oxygens (including phenoxy) is 2. The second-order valence-electron chi connectivity index (χ2n) is 10.1. The van der Waals surface area contributed by atoms with Crippen LogP contribution in [0.15, 0.2) is 0 Å². The number of nitrogens with two attached hydrogens (primary N) is 1. The smallest absolute Gasteiger partial charge is 0.305 e. The van der Waals surface area contributed by atoms with Gasteiger partial charge in [0.2, 0.25) is 0 Å². The molecule has 0 unspecified atom stereocenters. The van der Waals surface area contributed by atoms with Crippen molar-refractivity contribution in [1.29, 1.82) is 0 Å². The highest BCUT2D eigenvalue weighted by atomic mass is 32.2. The molecule has 0 aromatic rings. The van der Waals surface area contributed by atoms with Crippen LogP contribution in [0, 0.1) is 0 Å². The molecule has 0 aliphatic rings. The monoisotopic (exact) mass is 576 g/mol. The number of thioether (sulfide) groups is 2. The van der Waals surface area contributed by atoms with Gasteiger partial charge in [-0.25, -0.2) is 0 Å². The Morgan fingerprint density at radius 1 is 0.553 bits per heavy atom. The SMILES string of the molecule is CNCCSCCCCCCCCCCC(=O)OCCCOC(=O)CCCCCCCCCCSCCN. The van der Waals surface area contributed by atoms with Gasteiger partial charge in [-0.1, -0.05) is 77.0 Å². The lowest BCUT2D eigenvalue weighted by Gasteiger charge is -2.07. The molecule has 0 heterocycles. The second-order valence-corrected chi connectivity index (χ2v) is 12.5. The van der Waals surface area contributed by atoms with Gasteiger partial charge >= 0.3 is 11.9 Å². The predicted molar refractivity (Wildman–Crippen MR) is 167 cm³/mol. The molecule has 0 aromatic carbocycles.